The number of rotatable bonds is 5. The number of aryl methyl sites for hydroxylation is 2. The van der Waals surface area contributed by atoms with Gasteiger partial charge in [0, 0.05) is 12.2 Å². The molecule has 0 saturated heterocycles. The van der Waals surface area contributed by atoms with Crippen molar-refractivity contribution < 1.29 is 13.2 Å². The van der Waals surface area contributed by atoms with Gasteiger partial charge in [-0.25, -0.2) is 13.1 Å². The van der Waals surface area contributed by atoms with Gasteiger partial charge in [0.15, 0.2) is 0 Å². The molecule has 114 valence electrons. The van der Waals surface area contributed by atoms with E-state index in [9.17, 15) is 8.42 Å². The van der Waals surface area contributed by atoms with Crippen molar-refractivity contribution in [3.63, 3.8) is 0 Å². The van der Waals surface area contributed by atoms with E-state index in [-0.39, 0.29) is 17.2 Å². The SMILES string of the molecule is COc1cc(C)c(N)cc1S(=O)(=O)NCc1cscc1C. The number of nitrogen functional groups attached to an aromatic ring is 1. The van der Waals surface area contributed by atoms with E-state index in [0.717, 1.165) is 16.7 Å². The molecule has 7 heteroatoms. The summed E-state index contributed by atoms with van der Waals surface area (Å²) in [7, 11) is -2.25. The number of hydrogen-bond acceptors (Lipinski definition) is 5. The van der Waals surface area contributed by atoms with Gasteiger partial charge in [-0.05, 0) is 53.4 Å². The molecule has 0 amide bonds. The van der Waals surface area contributed by atoms with Gasteiger partial charge in [0.05, 0.1) is 7.11 Å². The number of sulfonamides is 1. The molecule has 2 rings (SSSR count). The topological polar surface area (TPSA) is 81.4 Å². The minimum absolute atomic E-state index is 0.0565. The smallest absolute Gasteiger partial charge is 0.244 e. The van der Waals surface area contributed by atoms with Crippen LogP contribution in [0.15, 0.2) is 27.8 Å². The Morgan fingerprint density at radius 1 is 1.24 bits per heavy atom. The molecule has 0 aliphatic rings. The molecule has 0 unspecified atom stereocenters. The number of hydrogen-bond donors (Lipinski definition) is 2. The van der Waals surface area contributed by atoms with Gasteiger partial charge < -0.3 is 10.5 Å². The third-order valence-electron chi connectivity index (χ3n) is 3.26. The summed E-state index contributed by atoms with van der Waals surface area (Å²) in [5.74, 6) is 0.288. The van der Waals surface area contributed by atoms with Crippen LogP contribution < -0.4 is 15.2 Å². The van der Waals surface area contributed by atoms with Crippen molar-refractivity contribution in [2.24, 2.45) is 0 Å². The Bertz CT molecular complexity index is 752. The molecule has 1 aromatic heterocycles. The lowest BCUT2D eigenvalue weighted by Crippen LogP contribution is -2.24. The second-order valence-corrected chi connectivity index (χ2v) is 7.24. The first-order valence-electron chi connectivity index (χ1n) is 6.30. The van der Waals surface area contributed by atoms with Gasteiger partial charge in [-0.1, -0.05) is 0 Å². The first-order chi connectivity index (χ1) is 9.85. The Balaban J connectivity index is 2.31. The van der Waals surface area contributed by atoms with Gasteiger partial charge in [-0.15, -0.1) is 0 Å². The summed E-state index contributed by atoms with van der Waals surface area (Å²) in [6, 6.07) is 3.05. The second-order valence-electron chi connectivity index (χ2n) is 4.76. The fourth-order valence-corrected chi connectivity index (χ4v) is 3.91. The number of ether oxygens (including phenoxy) is 1. The highest BCUT2D eigenvalue weighted by molar-refractivity contribution is 7.89. The summed E-state index contributed by atoms with van der Waals surface area (Å²) < 4.78 is 32.6. The van der Waals surface area contributed by atoms with Crippen LogP contribution in [0.1, 0.15) is 16.7 Å². The molecule has 0 aliphatic heterocycles. The number of methoxy groups -OCH3 is 1. The average molecular weight is 326 g/mol. The Kier molecular flexibility index (Phi) is 4.55. The van der Waals surface area contributed by atoms with Crippen LogP contribution in [-0.2, 0) is 16.6 Å². The largest absolute Gasteiger partial charge is 0.495 e. The molecule has 0 radical (unpaired) electrons. The van der Waals surface area contributed by atoms with E-state index >= 15 is 0 Å². The van der Waals surface area contributed by atoms with Crippen molar-refractivity contribution >= 4 is 27.0 Å². The Labute approximate surface area is 128 Å². The van der Waals surface area contributed by atoms with Crippen molar-refractivity contribution in [2.45, 2.75) is 25.3 Å². The third-order valence-corrected chi connectivity index (χ3v) is 5.59. The average Bonchev–Trinajstić information content (AvgIpc) is 2.84. The number of benzene rings is 1. The quantitative estimate of drug-likeness (QED) is 0.827. The summed E-state index contributed by atoms with van der Waals surface area (Å²) in [6.07, 6.45) is 0. The summed E-state index contributed by atoms with van der Waals surface area (Å²) in [5.41, 5.74) is 9.03. The molecular formula is C14H18N2O3S2. The van der Waals surface area contributed by atoms with Gasteiger partial charge in [-0.2, -0.15) is 11.3 Å². The first kappa shape index (κ1) is 15.8. The molecule has 0 spiro atoms. The molecule has 21 heavy (non-hydrogen) atoms. The van der Waals surface area contributed by atoms with Crippen LogP contribution in [0.3, 0.4) is 0 Å². The first-order valence-corrected chi connectivity index (χ1v) is 8.73. The molecular weight excluding hydrogens is 308 g/mol. The fourth-order valence-electron chi connectivity index (χ4n) is 1.87. The molecule has 2 aromatic rings. The van der Waals surface area contributed by atoms with E-state index < -0.39 is 10.0 Å². The highest BCUT2D eigenvalue weighted by atomic mass is 32.2. The van der Waals surface area contributed by atoms with Crippen LogP contribution in [0, 0.1) is 13.8 Å². The number of thiophene rings is 1. The zero-order chi connectivity index (χ0) is 15.6. The summed E-state index contributed by atoms with van der Waals surface area (Å²) >= 11 is 1.55. The Morgan fingerprint density at radius 3 is 2.52 bits per heavy atom. The van der Waals surface area contributed by atoms with Crippen molar-refractivity contribution in [3.8, 4) is 5.75 Å². The summed E-state index contributed by atoms with van der Waals surface area (Å²) in [5, 5.41) is 3.91. The van der Waals surface area contributed by atoms with Crippen molar-refractivity contribution in [1.82, 2.24) is 4.72 Å². The van der Waals surface area contributed by atoms with Gasteiger partial charge >= 0.3 is 0 Å². The summed E-state index contributed by atoms with van der Waals surface area (Å²) in [4.78, 5) is 0.0565. The van der Waals surface area contributed by atoms with Crippen LogP contribution >= 0.6 is 11.3 Å². The van der Waals surface area contributed by atoms with E-state index in [2.05, 4.69) is 4.72 Å². The van der Waals surface area contributed by atoms with Crippen LogP contribution in [0.2, 0.25) is 0 Å². The Morgan fingerprint density at radius 2 is 1.95 bits per heavy atom. The lowest BCUT2D eigenvalue weighted by atomic mass is 10.2. The van der Waals surface area contributed by atoms with E-state index in [0.29, 0.717) is 5.69 Å². The monoisotopic (exact) mass is 326 g/mol. The van der Waals surface area contributed by atoms with Crippen molar-refractivity contribution in [1.29, 1.82) is 0 Å². The lowest BCUT2D eigenvalue weighted by molar-refractivity contribution is 0.402. The minimum atomic E-state index is -3.69. The number of anilines is 1. The third kappa shape index (κ3) is 3.37. The van der Waals surface area contributed by atoms with Gasteiger partial charge in [0.2, 0.25) is 10.0 Å². The van der Waals surface area contributed by atoms with Crippen LogP contribution in [0.5, 0.6) is 5.75 Å². The number of nitrogens with one attached hydrogen (secondary N) is 1. The normalized spacial score (nSPS) is 11.6. The maximum absolute atomic E-state index is 12.4. The molecule has 1 heterocycles. The van der Waals surface area contributed by atoms with E-state index in [4.69, 9.17) is 10.5 Å². The summed E-state index contributed by atoms with van der Waals surface area (Å²) in [6.45, 7) is 4.00. The van der Waals surface area contributed by atoms with Crippen LogP contribution in [0.25, 0.3) is 0 Å². The minimum Gasteiger partial charge on any atom is -0.495 e. The maximum atomic E-state index is 12.4. The van der Waals surface area contributed by atoms with Gasteiger partial charge in [0.1, 0.15) is 10.6 Å². The van der Waals surface area contributed by atoms with E-state index in [1.165, 1.54) is 13.2 Å². The molecule has 1 aromatic carbocycles. The Hall–Kier alpha value is -1.57. The number of nitrogens with two attached hydrogens (primary N) is 1. The molecule has 0 bridgehead atoms. The van der Waals surface area contributed by atoms with E-state index in [1.54, 1.807) is 24.3 Å². The highest BCUT2D eigenvalue weighted by Crippen LogP contribution is 2.29. The van der Waals surface area contributed by atoms with E-state index in [1.807, 2.05) is 17.7 Å². The predicted octanol–water partition coefficient (Wildman–Crippen LogP) is 2.43. The molecule has 0 aliphatic carbocycles. The zero-order valence-corrected chi connectivity index (χ0v) is 13.8. The standard InChI is InChI=1S/C14H18N2O3S2/c1-9-4-13(19-3)14(5-12(9)15)21(17,18)16-6-11-8-20-7-10(11)2/h4-5,7-8,16H,6,15H2,1-3H3. The molecule has 3 N–H and O–H groups in total. The van der Waals surface area contributed by atoms with Crippen molar-refractivity contribution in [3.05, 3.63) is 39.6 Å². The predicted molar refractivity (Wildman–Crippen MR) is 85.2 cm³/mol. The molecule has 0 atom stereocenters. The van der Waals surface area contributed by atoms with Gasteiger partial charge in [0.25, 0.3) is 0 Å². The van der Waals surface area contributed by atoms with Crippen LogP contribution in [-0.4, -0.2) is 15.5 Å². The maximum Gasteiger partial charge on any atom is 0.244 e. The second kappa shape index (κ2) is 6.05. The molecule has 5 nitrogen and oxygen atoms in total. The van der Waals surface area contributed by atoms with Gasteiger partial charge in [-0.3, -0.25) is 0 Å². The highest BCUT2D eigenvalue weighted by Gasteiger charge is 2.21. The van der Waals surface area contributed by atoms with Crippen LogP contribution in [0.4, 0.5) is 5.69 Å². The molecule has 0 fully saturated rings. The lowest BCUT2D eigenvalue weighted by Gasteiger charge is -2.13. The fraction of sp³-hybridized carbons (Fsp3) is 0.286. The van der Waals surface area contributed by atoms with Crippen molar-refractivity contribution in [2.75, 3.05) is 12.8 Å². The molecule has 0 saturated carbocycles. The zero-order valence-electron chi connectivity index (χ0n) is 12.1.